The molecule has 0 atom stereocenters. The summed E-state index contributed by atoms with van der Waals surface area (Å²) in [5.41, 5.74) is 1.03. The summed E-state index contributed by atoms with van der Waals surface area (Å²) in [5.74, 6) is 0. The number of benzene rings is 1. The van der Waals surface area contributed by atoms with E-state index in [4.69, 9.17) is 23.2 Å². The zero-order chi connectivity index (χ0) is 11.4. The molecule has 1 aromatic rings. The highest BCUT2D eigenvalue weighted by molar-refractivity contribution is 6.42. The fourth-order valence-corrected chi connectivity index (χ4v) is 2.32. The molecule has 0 radical (unpaired) electrons. The summed E-state index contributed by atoms with van der Waals surface area (Å²) in [6, 6.07) is 6.12. The fraction of sp³-hybridized carbons (Fsp3) is 0.462. The van der Waals surface area contributed by atoms with E-state index in [0.717, 1.165) is 5.56 Å². The maximum atomic E-state index is 5.94. The third-order valence-corrected chi connectivity index (χ3v) is 3.69. The van der Waals surface area contributed by atoms with Crippen LogP contribution < -0.4 is 0 Å². The third kappa shape index (κ3) is 3.23. The summed E-state index contributed by atoms with van der Waals surface area (Å²) >= 11 is 11.8. The van der Waals surface area contributed by atoms with E-state index < -0.39 is 0 Å². The lowest BCUT2D eigenvalue weighted by Gasteiger charge is -2.17. The van der Waals surface area contributed by atoms with Crippen molar-refractivity contribution in [3.63, 3.8) is 0 Å². The van der Waals surface area contributed by atoms with Crippen LogP contribution in [0.3, 0.4) is 0 Å². The molecule has 3 heteroatoms. The molecule has 0 bridgehead atoms. The van der Waals surface area contributed by atoms with Crippen molar-refractivity contribution in [3.8, 4) is 0 Å². The summed E-state index contributed by atoms with van der Waals surface area (Å²) in [4.78, 5) is 4.60. The van der Waals surface area contributed by atoms with Crippen molar-refractivity contribution in [2.45, 2.75) is 38.1 Å². The summed E-state index contributed by atoms with van der Waals surface area (Å²) in [6.07, 6.45) is 8.33. The molecule has 86 valence electrons. The van der Waals surface area contributed by atoms with Gasteiger partial charge in [0.25, 0.3) is 0 Å². The Morgan fingerprint density at radius 1 is 1.06 bits per heavy atom. The predicted octanol–water partition coefficient (Wildman–Crippen LogP) is 4.75. The van der Waals surface area contributed by atoms with Gasteiger partial charge in [0.05, 0.1) is 10.0 Å². The second kappa shape index (κ2) is 5.70. The van der Waals surface area contributed by atoms with Crippen LogP contribution in [-0.2, 0) is 0 Å². The van der Waals surface area contributed by atoms with Crippen molar-refractivity contribution >= 4 is 29.4 Å². The first-order valence-electron chi connectivity index (χ1n) is 5.74. The normalized spacial score (nSPS) is 18.1. The standard InChI is InChI=1S/C13H15Cl2N/c14-12-7-6-10(8-13(12)15)9-16-11-4-2-1-3-5-11/h6-9,11H,1-5H2/b16-9+. The predicted molar refractivity (Wildman–Crippen MR) is 70.9 cm³/mol. The average molecular weight is 256 g/mol. The second-order valence-corrected chi connectivity index (χ2v) is 5.06. The van der Waals surface area contributed by atoms with E-state index >= 15 is 0 Å². The fourth-order valence-electron chi connectivity index (χ4n) is 2.01. The van der Waals surface area contributed by atoms with E-state index in [1.54, 1.807) is 0 Å². The van der Waals surface area contributed by atoms with Crippen molar-refractivity contribution in [1.29, 1.82) is 0 Å². The molecule has 1 fully saturated rings. The molecule has 1 aromatic carbocycles. The molecule has 0 spiro atoms. The minimum Gasteiger partial charge on any atom is -0.289 e. The van der Waals surface area contributed by atoms with Crippen LogP contribution in [0.15, 0.2) is 23.2 Å². The lowest BCUT2D eigenvalue weighted by Crippen LogP contribution is -2.09. The number of rotatable bonds is 2. The minimum absolute atomic E-state index is 0.503. The highest BCUT2D eigenvalue weighted by atomic mass is 35.5. The van der Waals surface area contributed by atoms with E-state index in [1.165, 1.54) is 32.1 Å². The third-order valence-electron chi connectivity index (χ3n) is 2.95. The van der Waals surface area contributed by atoms with Crippen LogP contribution in [-0.4, -0.2) is 12.3 Å². The van der Waals surface area contributed by atoms with Gasteiger partial charge >= 0.3 is 0 Å². The molecule has 1 aliphatic carbocycles. The molecule has 1 saturated carbocycles. The number of nitrogens with zero attached hydrogens (tertiary/aromatic N) is 1. The Balaban J connectivity index is 2.02. The van der Waals surface area contributed by atoms with E-state index in [2.05, 4.69) is 4.99 Å². The number of hydrogen-bond acceptors (Lipinski definition) is 1. The van der Waals surface area contributed by atoms with Crippen molar-refractivity contribution in [2.75, 3.05) is 0 Å². The molecule has 0 amide bonds. The zero-order valence-electron chi connectivity index (χ0n) is 9.13. The first-order valence-corrected chi connectivity index (χ1v) is 6.49. The van der Waals surface area contributed by atoms with Crippen LogP contribution >= 0.6 is 23.2 Å². The monoisotopic (exact) mass is 255 g/mol. The van der Waals surface area contributed by atoms with Crippen molar-refractivity contribution < 1.29 is 0 Å². The van der Waals surface area contributed by atoms with Crippen LogP contribution in [0.1, 0.15) is 37.7 Å². The van der Waals surface area contributed by atoms with Gasteiger partial charge in [-0.05, 0) is 30.5 Å². The molecule has 0 saturated heterocycles. The summed E-state index contributed by atoms with van der Waals surface area (Å²) in [6.45, 7) is 0. The van der Waals surface area contributed by atoms with Gasteiger partial charge in [-0.1, -0.05) is 48.5 Å². The van der Waals surface area contributed by atoms with Crippen molar-refractivity contribution in [3.05, 3.63) is 33.8 Å². The van der Waals surface area contributed by atoms with E-state index in [-0.39, 0.29) is 0 Å². The number of aliphatic imine (C=N–C) groups is 1. The van der Waals surface area contributed by atoms with Crippen LogP contribution in [0.25, 0.3) is 0 Å². The summed E-state index contributed by atoms with van der Waals surface area (Å²) in [7, 11) is 0. The largest absolute Gasteiger partial charge is 0.289 e. The molecule has 16 heavy (non-hydrogen) atoms. The molecular weight excluding hydrogens is 241 g/mol. The lowest BCUT2D eigenvalue weighted by atomic mass is 9.96. The molecular formula is C13H15Cl2N. The highest BCUT2D eigenvalue weighted by Crippen LogP contribution is 2.23. The van der Waals surface area contributed by atoms with Gasteiger partial charge in [-0.3, -0.25) is 4.99 Å². The van der Waals surface area contributed by atoms with Gasteiger partial charge in [0.1, 0.15) is 0 Å². The Kier molecular flexibility index (Phi) is 4.25. The van der Waals surface area contributed by atoms with Gasteiger partial charge < -0.3 is 0 Å². The Labute approximate surface area is 106 Å². The number of hydrogen-bond donors (Lipinski definition) is 0. The quantitative estimate of drug-likeness (QED) is 0.677. The average Bonchev–Trinajstić information content (AvgIpc) is 2.32. The molecule has 1 nitrogen and oxygen atoms in total. The van der Waals surface area contributed by atoms with Gasteiger partial charge in [-0.25, -0.2) is 0 Å². The summed E-state index contributed by atoms with van der Waals surface area (Å²) in [5, 5.41) is 1.19. The zero-order valence-corrected chi connectivity index (χ0v) is 10.6. The van der Waals surface area contributed by atoms with E-state index in [1.807, 2.05) is 24.4 Å². The first kappa shape index (κ1) is 11.9. The van der Waals surface area contributed by atoms with Crippen LogP contribution in [0.2, 0.25) is 10.0 Å². The Morgan fingerprint density at radius 2 is 1.81 bits per heavy atom. The van der Waals surface area contributed by atoms with Gasteiger partial charge in [0, 0.05) is 12.3 Å². The molecule has 0 unspecified atom stereocenters. The van der Waals surface area contributed by atoms with Crippen LogP contribution in [0, 0.1) is 0 Å². The summed E-state index contributed by atoms with van der Waals surface area (Å²) < 4.78 is 0. The Morgan fingerprint density at radius 3 is 2.50 bits per heavy atom. The molecule has 0 aliphatic heterocycles. The Hall–Kier alpha value is -0.530. The van der Waals surface area contributed by atoms with Gasteiger partial charge in [0.2, 0.25) is 0 Å². The van der Waals surface area contributed by atoms with E-state index in [0.29, 0.717) is 16.1 Å². The minimum atomic E-state index is 0.503. The first-order chi connectivity index (χ1) is 7.75. The van der Waals surface area contributed by atoms with Crippen molar-refractivity contribution in [1.82, 2.24) is 0 Å². The molecule has 1 aliphatic rings. The van der Waals surface area contributed by atoms with Crippen LogP contribution in [0.5, 0.6) is 0 Å². The Bertz CT molecular complexity index is 382. The second-order valence-electron chi connectivity index (χ2n) is 4.24. The van der Waals surface area contributed by atoms with Gasteiger partial charge in [-0.2, -0.15) is 0 Å². The molecule has 2 rings (SSSR count). The maximum absolute atomic E-state index is 5.94. The maximum Gasteiger partial charge on any atom is 0.0598 e. The van der Waals surface area contributed by atoms with Crippen LogP contribution in [0.4, 0.5) is 0 Å². The topological polar surface area (TPSA) is 12.4 Å². The molecule has 0 aromatic heterocycles. The smallest absolute Gasteiger partial charge is 0.0598 e. The van der Waals surface area contributed by atoms with Gasteiger partial charge in [-0.15, -0.1) is 0 Å². The lowest BCUT2D eigenvalue weighted by molar-refractivity contribution is 0.444. The van der Waals surface area contributed by atoms with Gasteiger partial charge in [0.15, 0.2) is 0 Å². The SMILES string of the molecule is Clc1ccc(/C=N/C2CCCCC2)cc1Cl. The van der Waals surface area contributed by atoms with Crippen molar-refractivity contribution in [2.24, 2.45) is 4.99 Å². The highest BCUT2D eigenvalue weighted by Gasteiger charge is 2.10. The molecule has 0 heterocycles. The molecule has 0 N–H and O–H groups in total. The number of halogens is 2. The van der Waals surface area contributed by atoms with E-state index in [9.17, 15) is 0 Å².